The van der Waals surface area contributed by atoms with Gasteiger partial charge in [0, 0.05) is 0 Å². The summed E-state index contributed by atoms with van der Waals surface area (Å²) in [4.78, 5) is 30.4. The second-order valence-corrected chi connectivity index (χ2v) is 16.8. The monoisotopic (exact) mass is 486 g/mol. The van der Waals surface area contributed by atoms with Crippen LogP contribution in [0, 0.1) is 0 Å². The van der Waals surface area contributed by atoms with Gasteiger partial charge in [-0.05, 0) is 0 Å². The minimum atomic E-state index is -1.32. The molecule has 0 aromatic rings. The maximum atomic E-state index is 11.0. The Hall–Kier alpha value is 0.400. The number of aliphatic carboxylic acids is 2. The van der Waals surface area contributed by atoms with E-state index in [0.29, 0.717) is 0 Å². The molecule has 0 aromatic carbocycles. The zero-order valence-electron chi connectivity index (χ0n) is 11.4. The Labute approximate surface area is 124 Å². The van der Waals surface area contributed by atoms with Gasteiger partial charge < -0.3 is 0 Å². The van der Waals surface area contributed by atoms with Gasteiger partial charge in [-0.15, -0.1) is 0 Å². The van der Waals surface area contributed by atoms with E-state index in [0.717, 1.165) is 25.7 Å². The van der Waals surface area contributed by atoms with Crippen LogP contribution in [-0.2, 0) is 9.59 Å². The summed E-state index contributed by atoms with van der Waals surface area (Å²) in [6.07, 6.45) is 3.14. The number of alkyl halides is 6. The molecule has 0 heterocycles. The van der Waals surface area contributed by atoms with E-state index in [1.807, 2.05) is 0 Å². The molecule has 0 radical (unpaired) electrons. The predicted molar refractivity (Wildman–Crippen MR) is 93.1 cm³/mol. The second kappa shape index (κ2) is 9.33. The van der Waals surface area contributed by atoms with Gasteiger partial charge in [0.1, 0.15) is 0 Å². The van der Waals surface area contributed by atoms with Crippen molar-refractivity contribution in [3.8, 4) is 0 Å². The van der Waals surface area contributed by atoms with Crippen molar-refractivity contribution in [2.24, 2.45) is 0 Å². The number of carboxylic acid groups (broad SMARTS) is 2. The summed E-state index contributed by atoms with van der Waals surface area (Å²) in [7, 11) is 0. The third-order valence-electron chi connectivity index (χ3n) is 2.75. The average Bonchev–Trinajstić information content (AvgIpc) is 2.20. The Morgan fingerprint density at radius 1 is 0.833 bits per heavy atom. The van der Waals surface area contributed by atoms with Crippen molar-refractivity contribution >= 4 is 51.6 Å². The van der Waals surface area contributed by atoms with Crippen molar-refractivity contribution in [3.63, 3.8) is 0 Å². The molecule has 0 fully saturated rings. The number of hydrogen-bond donors (Lipinski definition) is 2. The van der Waals surface area contributed by atoms with Crippen LogP contribution in [0.3, 0.4) is 0 Å². The average molecular weight is 486 g/mol. The second-order valence-electron chi connectivity index (χ2n) is 4.52. The molecule has 0 aromatic heterocycles. The first-order valence-corrected chi connectivity index (χ1v) is 16.8. The fraction of sp³-hybridized carbons (Fsp3) is 0.833. The molecule has 0 amide bonds. The van der Waals surface area contributed by atoms with Crippen LogP contribution < -0.4 is 0 Å². The standard InChI is InChI=1S/C12H24I2O4/c1-13(2)9(11(15)16)7-5-6-8-10(12(17)18)14(3)4/h9-10H,5-8H2,1-4H3,(H,15,16)(H,17,18). The van der Waals surface area contributed by atoms with Crippen LogP contribution in [0.5, 0.6) is 0 Å². The van der Waals surface area contributed by atoms with Gasteiger partial charge in [0.25, 0.3) is 0 Å². The number of rotatable bonds is 9. The first kappa shape index (κ1) is 18.4. The number of hydrogen-bond acceptors (Lipinski definition) is 2. The quantitative estimate of drug-likeness (QED) is 0.299. The van der Waals surface area contributed by atoms with Crippen LogP contribution in [0.15, 0.2) is 0 Å². The first-order valence-electron chi connectivity index (χ1n) is 5.70. The Morgan fingerprint density at radius 2 is 1.11 bits per heavy atom. The molecule has 0 aliphatic carbocycles. The van der Waals surface area contributed by atoms with E-state index in [-0.39, 0.29) is 7.85 Å². The first-order chi connectivity index (χ1) is 8.27. The van der Waals surface area contributed by atoms with Crippen molar-refractivity contribution in [2.45, 2.75) is 33.5 Å². The molecule has 110 valence electrons. The Balaban J connectivity index is 4.04. The summed E-state index contributed by atoms with van der Waals surface area (Å²) in [5.41, 5.74) is 0. The molecule has 0 saturated heterocycles. The van der Waals surface area contributed by atoms with Gasteiger partial charge in [0.2, 0.25) is 0 Å². The van der Waals surface area contributed by atoms with Crippen LogP contribution in [0.2, 0.25) is 0 Å². The molecule has 4 nitrogen and oxygen atoms in total. The fourth-order valence-electron chi connectivity index (χ4n) is 1.70. The fourth-order valence-corrected chi connectivity index (χ4v) is 7.21. The topological polar surface area (TPSA) is 74.6 Å². The zero-order valence-corrected chi connectivity index (χ0v) is 15.8. The molecule has 6 heteroatoms. The van der Waals surface area contributed by atoms with Gasteiger partial charge >= 0.3 is 125 Å². The minimum absolute atomic E-state index is 0.143. The predicted octanol–water partition coefficient (Wildman–Crippen LogP) is 2.99. The van der Waals surface area contributed by atoms with Crippen LogP contribution in [-0.4, -0.2) is 49.7 Å². The van der Waals surface area contributed by atoms with Gasteiger partial charge in [0.15, 0.2) is 0 Å². The van der Waals surface area contributed by atoms with E-state index in [9.17, 15) is 9.59 Å². The Morgan fingerprint density at radius 3 is 1.28 bits per heavy atom. The molecule has 0 aliphatic heterocycles. The number of halogens is 2. The summed E-state index contributed by atoms with van der Waals surface area (Å²) in [6, 6.07) is 0. The van der Waals surface area contributed by atoms with Crippen LogP contribution in [0.1, 0.15) is 25.7 Å². The summed E-state index contributed by atoms with van der Waals surface area (Å²) in [6.45, 7) is 0. The van der Waals surface area contributed by atoms with Crippen LogP contribution in [0.25, 0.3) is 0 Å². The SMILES string of the molecule is CI(C)C(CCCCC(C(=O)O)I(C)C)C(=O)O. The van der Waals surface area contributed by atoms with Crippen molar-refractivity contribution in [1.82, 2.24) is 0 Å². The summed E-state index contributed by atoms with van der Waals surface area (Å²) in [5, 5.41) is 18.2. The molecule has 0 aliphatic rings. The maximum absolute atomic E-state index is 11.0. The van der Waals surface area contributed by atoms with Crippen molar-refractivity contribution < 1.29 is 19.8 Å². The Bertz CT molecular complexity index is 251. The molecule has 0 rings (SSSR count). The molecule has 0 saturated carbocycles. The van der Waals surface area contributed by atoms with Gasteiger partial charge in [-0.3, -0.25) is 0 Å². The molecule has 2 N–H and O–H groups in total. The molecule has 0 spiro atoms. The molecular weight excluding hydrogens is 462 g/mol. The van der Waals surface area contributed by atoms with E-state index in [1.165, 1.54) is 0 Å². The third kappa shape index (κ3) is 7.10. The molecule has 2 unspecified atom stereocenters. The third-order valence-corrected chi connectivity index (χ3v) is 11.1. The van der Waals surface area contributed by atoms with Crippen molar-refractivity contribution in [2.75, 3.05) is 19.7 Å². The van der Waals surface area contributed by atoms with Gasteiger partial charge in [-0.1, -0.05) is 0 Å². The number of unbranched alkanes of at least 4 members (excludes halogenated alkanes) is 1. The number of carboxylic acids is 2. The van der Waals surface area contributed by atoms with Crippen LogP contribution >= 0.6 is 39.6 Å². The summed E-state index contributed by atoms with van der Waals surface area (Å²) in [5.74, 6) is -1.33. The summed E-state index contributed by atoms with van der Waals surface area (Å²) >= 11 is -2.64. The van der Waals surface area contributed by atoms with Crippen LogP contribution in [0.4, 0.5) is 0 Å². The van der Waals surface area contributed by atoms with E-state index < -0.39 is 51.6 Å². The van der Waals surface area contributed by atoms with Crippen molar-refractivity contribution in [1.29, 1.82) is 0 Å². The van der Waals surface area contributed by atoms with E-state index >= 15 is 0 Å². The van der Waals surface area contributed by atoms with Gasteiger partial charge in [-0.2, -0.15) is 0 Å². The Kier molecular flexibility index (Phi) is 9.53. The van der Waals surface area contributed by atoms with E-state index in [4.69, 9.17) is 10.2 Å². The normalized spacial score (nSPS) is 15.8. The molecule has 2 atom stereocenters. The number of carbonyl (C=O) groups is 2. The summed E-state index contributed by atoms with van der Waals surface area (Å²) < 4.78 is -0.286. The van der Waals surface area contributed by atoms with E-state index in [2.05, 4.69) is 19.7 Å². The molecule has 18 heavy (non-hydrogen) atoms. The molecule has 0 bridgehead atoms. The van der Waals surface area contributed by atoms with Crippen molar-refractivity contribution in [3.05, 3.63) is 0 Å². The molecular formula is C12H24I2O4. The van der Waals surface area contributed by atoms with Gasteiger partial charge in [0.05, 0.1) is 0 Å². The zero-order chi connectivity index (χ0) is 14.3. The van der Waals surface area contributed by atoms with Gasteiger partial charge in [-0.25, -0.2) is 0 Å². The van der Waals surface area contributed by atoms with E-state index in [1.54, 1.807) is 0 Å².